The van der Waals surface area contributed by atoms with Crippen LogP contribution in [-0.4, -0.2) is 0 Å². The Balaban J connectivity index is 1.03. The van der Waals surface area contributed by atoms with E-state index in [-0.39, 0.29) is 0 Å². The highest BCUT2D eigenvalue weighted by molar-refractivity contribution is 6.23. The zero-order valence-corrected chi connectivity index (χ0v) is 42.4. The summed E-state index contributed by atoms with van der Waals surface area (Å²) in [6.45, 7) is 0. The lowest BCUT2D eigenvalue weighted by Gasteiger charge is -2.29. The highest BCUT2D eigenvalue weighted by Gasteiger charge is 2.24. The molecule has 3 aliphatic carbocycles. The first kappa shape index (κ1) is 44.3. The van der Waals surface area contributed by atoms with Crippen LogP contribution in [0, 0.1) is 0 Å². The Hall–Kier alpha value is -9.24. The molecule has 0 aromatic heterocycles. The van der Waals surface area contributed by atoms with E-state index in [9.17, 15) is 0 Å². The largest absolute Gasteiger partial charge is 0.310 e. The monoisotopic (exact) mass is 970 g/mol. The summed E-state index contributed by atoms with van der Waals surface area (Å²) in [6.07, 6.45) is 20.2. The van der Waals surface area contributed by atoms with Crippen LogP contribution in [0.3, 0.4) is 0 Å². The molecule has 76 heavy (non-hydrogen) atoms. The molecule has 0 atom stereocenters. The molecule has 0 N–H and O–H groups in total. The van der Waals surface area contributed by atoms with Crippen LogP contribution < -0.4 is 9.80 Å². The summed E-state index contributed by atoms with van der Waals surface area (Å²) in [5, 5.41) is 12.2. The second-order valence-electron chi connectivity index (χ2n) is 21.0. The second-order valence-corrected chi connectivity index (χ2v) is 21.0. The summed E-state index contributed by atoms with van der Waals surface area (Å²) in [5.41, 5.74) is 19.9. The normalized spacial score (nSPS) is 13.6. The summed E-state index contributed by atoms with van der Waals surface area (Å²) < 4.78 is 0. The maximum absolute atomic E-state index is 2.51. The maximum atomic E-state index is 2.51. The lowest BCUT2D eigenvalue weighted by molar-refractivity contribution is 0.982. The lowest BCUT2D eigenvalue weighted by Crippen LogP contribution is -2.12. The van der Waals surface area contributed by atoms with Crippen molar-refractivity contribution in [1.82, 2.24) is 0 Å². The molecule has 360 valence electrons. The Morgan fingerprint density at radius 1 is 0.250 bits per heavy atom. The van der Waals surface area contributed by atoms with Crippen LogP contribution in [0.2, 0.25) is 0 Å². The van der Waals surface area contributed by atoms with Crippen molar-refractivity contribution in [1.29, 1.82) is 0 Å². The fourth-order valence-corrected chi connectivity index (χ4v) is 12.7. The minimum Gasteiger partial charge on any atom is -0.310 e. The number of hydrogen-bond donors (Lipinski definition) is 0. The minimum atomic E-state index is 1.03. The third kappa shape index (κ3) is 7.71. The molecule has 0 radical (unpaired) electrons. The average molecular weight is 971 g/mol. The van der Waals surface area contributed by atoms with Crippen LogP contribution in [0.4, 0.5) is 34.1 Å². The molecule has 0 aliphatic heterocycles. The van der Waals surface area contributed by atoms with Crippen LogP contribution in [0.25, 0.3) is 94.3 Å². The highest BCUT2D eigenvalue weighted by Crippen LogP contribution is 2.50. The van der Waals surface area contributed by atoms with Gasteiger partial charge in [-0.05, 0) is 227 Å². The summed E-state index contributed by atoms with van der Waals surface area (Å²) >= 11 is 0. The molecule has 0 bridgehead atoms. The summed E-state index contributed by atoms with van der Waals surface area (Å²) in [6, 6.07) is 83.0. The van der Waals surface area contributed by atoms with E-state index in [1.165, 1.54) is 121 Å². The molecule has 12 aromatic rings. The summed E-state index contributed by atoms with van der Waals surface area (Å²) in [4.78, 5) is 4.97. The van der Waals surface area contributed by atoms with Gasteiger partial charge in [0.05, 0.1) is 0 Å². The predicted octanol–water partition coefficient (Wildman–Crippen LogP) is 20.6. The van der Waals surface area contributed by atoms with Gasteiger partial charge in [-0.25, -0.2) is 0 Å². The molecule has 2 nitrogen and oxygen atoms in total. The third-order valence-electron chi connectivity index (χ3n) is 16.5. The Morgan fingerprint density at radius 2 is 0.645 bits per heavy atom. The first-order valence-electron chi connectivity index (χ1n) is 27.1. The van der Waals surface area contributed by atoms with Gasteiger partial charge in [0, 0.05) is 34.1 Å². The maximum Gasteiger partial charge on any atom is 0.0468 e. The number of benzene rings is 12. The molecular formula is C74H54N2. The molecule has 0 saturated heterocycles. The van der Waals surface area contributed by atoms with Crippen molar-refractivity contribution in [3.05, 3.63) is 270 Å². The van der Waals surface area contributed by atoms with Gasteiger partial charge < -0.3 is 9.80 Å². The molecule has 12 aromatic carbocycles. The standard InChI is InChI=1S/C74H54N2/c1-7-19-55-41-61(27-25-49(55)13-1)73-69-39-37-68(76(65-35-31-53-17-5-11-23-59(53)45-65)66-36-32-54-18-6-12-24-60(54)46-66)48-72(69)74(62-28-26-50-14-2-8-20-56(50)42-62)70-40-38-67(47-71(70)73)75(63-33-29-51-15-3-9-21-57(51)43-63)64-34-30-52-16-4-10-22-58(52)44-64/h1-5,7,9-10,12-17,19,21-22,24-48H,6,8,11,18,20,23H2. The molecule has 0 unspecified atom stereocenters. The smallest absolute Gasteiger partial charge is 0.0468 e. The number of anilines is 6. The van der Waals surface area contributed by atoms with E-state index < -0.39 is 0 Å². The SMILES string of the molecule is C1=Cc2cc(N(c3ccc4c(c3)CCC=C4)c3ccc4c(-c5ccc6ccccc6c5)c5cc(N(c6ccc7ccccc7c6)c6ccc7ccccc7c6)ccc5c(-c5ccc6c(c5)CCC=C6)c4c3)ccc2CC1. The van der Waals surface area contributed by atoms with E-state index in [1.807, 2.05) is 0 Å². The summed E-state index contributed by atoms with van der Waals surface area (Å²) in [5.74, 6) is 0. The number of rotatable bonds is 8. The van der Waals surface area contributed by atoms with E-state index >= 15 is 0 Å². The Labute approximate surface area is 444 Å². The van der Waals surface area contributed by atoms with Gasteiger partial charge in [0.1, 0.15) is 0 Å². The quantitative estimate of drug-likeness (QED) is 0.140. The second kappa shape index (κ2) is 18.3. The van der Waals surface area contributed by atoms with Crippen LogP contribution >= 0.6 is 0 Å². The zero-order valence-electron chi connectivity index (χ0n) is 42.4. The molecule has 0 amide bonds. The van der Waals surface area contributed by atoms with Crippen molar-refractivity contribution in [2.24, 2.45) is 0 Å². The van der Waals surface area contributed by atoms with Gasteiger partial charge in [-0.1, -0.05) is 176 Å². The van der Waals surface area contributed by atoms with Crippen molar-refractivity contribution in [2.45, 2.75) is 38.5 Å². The fourth-order valence-electron chi connectivity index (χ4n) is 12.7. The third-order valence-corrected chi connectivity index (χ3v) is 16.5. The average Bonchev–Trinajstić information content (AvgIpc) is 3.53. The van der Waals surface area contributed by atoms with E-state index in [1.54, 1.807) is 0 Å². The van der Waals surface area contributed by atoms with Crippen molar-refractivity contribution in [2.75, 3.05) is 9.80 Å². The molecule has 2 heteroatoms. The van der Waals surface area contributed by atoms with E-state index in [2.05, 4.69) is 265 Å². The minimum absolute atomic E-state index is 1.03. The van der Waals surface area contributed by atoms with E-state index in [0.717, 1.165) is 61.3 Å². The van der Waals surface area contributed by atoms with Gasteiger partial charge in [0.15, 0.2) is 0 Å². The van der Waals surface area contributed by atoms with Crippen molar-refractivity contribution < 1.29 is 0 Å². The van der Waals surface area contributed by atoms with Gasteiger partial charge in [-0.2, -0.15) is 0 Å². The Kier molecular flexibility index (Phi) is 10.7. The predicted molar refractivity (Wildman–Crippen MR) is 326 cm³/mol. The van der Waals surface area contributed by atoms with Crippen LogP contribution in [0.15, 0.2) is 237 Å². The van der Waals surface area contributed by atoms with Gasteiger partial charge in [-0.3, -0.25) is 0 Å². The van der Waals surface area contributed by atoms with Gasteiger partial charge in [0.2, 0.25) is 0 Å². The molecular weight excluding hydrogens is 917 g/mol. The fraction of sp³-hybridized carbons (Fsp3) is 0.0811. The zero-order chi connectivity index (χ0) is 50.1. The molecule has 3 aliphatic rings. The topological polar surface area (TPSA) is 6.48 Å². The number of fused-ring (bicyclic) bond motifs is 8. The first-order valence-corrected chi connectivity index (χ1v) is 27.1. The van der Waals surface area contributed by atoms with E-state index in [0.29, 0.717) is 0 Å². The van der Waals surface area contributed by atoms with Crippen molar-refractivity contribution in [3.63, 3.8) is 0 Å². The Bertz CT molecular complexity index is 4350. The van der Waals surface area contributed by atoms with E-state index in [4.69, 9.17) is 0 Å². The molecule has 0 saturated carbocycles. The lowest BCUT2D eigenvalue weighted by atomic mass is 9.83. The molecule has 15 rings (SSSR count). The molecule has 0 fully saturated rings. The van der Waals surface area contributed by atoms with Crippen LogP contribution in [0.5, 0.6) is 0 Å². The molecule has 0 heterocycles. The first-order chi connectivity index (χ1) is 37.6. The van der Waals surface area contributed by atoms with Crippen LogP contribution in [0.1, 0.15) is 52.6 Å². The Morgan fingerprint density at radius 3 is 1.24 bits per heavy atom. The van der Waals surface area contributed by atoms with Crippen LogP contribution in [-0.2, 0) is 19.3 Å². The van der Waals surface area contributed by atoms with Crippen molar-refractivity contribution >= 4 is 106 Å². The number of aryl methyl sites for hydroxylation is 3. The number of hydrogen-bond acceptors (Lipinski definition) is 2. The van der Waals surface area contributed by atoms with Gasteiger partial charge in [-0.15, -0.1) is 0 Å². The molecule has 0 spiro atoms. The number of nitrogens with zero attached hydrogens (tertiary/aromatic N) is 2. The van der Waals surface area contributed by atoms with Gasteiger partial charge in [0.25, 0.3) is 0 Å². The highest BCUT2D eigenvalue weighted by atomic mass is 15.1. The summed E-state index contributed by atoms with van der Waals surface area (Å²) in [7, 11) is 0. The number of allylic oxidation sites excluding steroid dienone is 3. The van der Waals surface area contributed by atoms with Gasteiger partial charge >= 0.3 is 0 Å². The van der Waals surface area contributed by atoms with Crippen molar-refractivity contribution in [3.8, 4) is 22.3 Å².